The van der Waals surface area contributed by atoms with Gasteiger partial charge in [0.25, 0.3) is 0 Å². The fourth-order valence-electron chi connectivity index (χ4n) is 2.49. The summed E-state index contributed by atoms with van der Waals surface area (Å²) < 4.78 is 0. The molecule has 1 amide bonds. The Kier molecular flexibility index (Phi) is 5.48. The molecule has 2 rings (SSSR count). The van der Waals surface area contributed by atoms with Crippen molar-refractivity contribution in [3.8, 4) is 0 Å². The van der Waals surface area contributed by atoms with E-state index in [4.69, 9.17) is 5.11 Å². The lowest BCUT2D eigenvalue weighted by Crippen LogP contribution is -2.44. The number of thioether (sulfide) groups is 1. The molecule has 1 atom stereocenters. The van der Waals surface area contributed by atoms with Crippen LogP contribution in [0, 0.1) is 0 Å². The van der Waals surface area contributed by atoms with Crippen LogP contribution in [0.15, 0.2) is 16.3 Å². The minimum absolute atomic E-state index is 0.171. The van der Waals surface area contributed by atoms with Gasteiger partial charge in [-0.25, -0.2) is 4.79 Å². The highest BCUT2D eigenvalue weighted by Gasteiger charge is 2.25. The molecule has 0 aromatic carbocycles. The molecule has 0 spiro atoms. The zero-order valence-corrected chi connectivity index (χ0v) is 13.1. The summed E-state index contributed by atoms with van der Waals surface area (Å²) in [6.07, 6.45) is 4.42. The van der Waals surface area contributed by atoms with Crippen molar-refractivity contribution in [2.45, 2.75) is 43.5 Å². The lowest BCUT2D eigenvalue weighted by molar-refractivity contribution is -0.132. The van der Waals surface area contributed by atoms with E-state index in [2.05, 4.69) is 6.92 Å². The molecule has 1 fully saturated rings. The Morgan fingerprint density at radius 3 is 2.95 bits per heavy atom. The number of hydrogen-bond donors (Lipinski definition) is 1. The molecular formula is C14H19NO3S2. The lowest BCUT2D eigenvalue weighted by atomic mass is 10.0. The van der Waals surface area contributed by atoms with E-state index in [-0.39, 0.29) is 5.91 Å². The lowest BCUT2D eigenvalue weighted by Gasteiger charge is -2.35. The first kappa shape index (κ1) is 15.4. The molecule has 0 aliphatic carbocycles. The molecular weight excluding hydrogens is 294 g/mol. The Labute approximate surface area is 127 Å². The molecule has 0 radical (unpaired) electrons. The van der Waals surface area contributed by atoms with Gasteiger partial charge in [0, 0.05) is 22.9 Å². The molecule has 2 heterocycles. The number of carbonyl (C=O) groups is 2. The van der Waals surface area contributed by atoms with Gasteiger partial charge in [-0.05, 0) is 31.7 Å². The number of piperidine rings is 1. The Morgan fingerprint density at radius 2 is 2.30 bits per heavy atom. The standard InChI is InChI=1S/C14H19NO3S2/c1-2-10-5-3-4-6-15(10)13(16)9-19-11-7-12(14(17)18)20-8-11/h7-8,10H,2-6,9H2,1H3,(H,17,18). The summed E-state index contributed by atoms with van der Waals surface area (Å²) >= 11 is 2.63. The summed E-state index contributed by atoms with van der Waals surface area (Å²) in [7, 11) is 0. The third-order valence-corrected chi connectivity index (χ3v) is 5.59. The van der Waals surface area contributed by atoms with Crippen LogP contribution in [0.25, 0.3) is 0 Å². The first-order valence-electron chi connectivity index (χ1n) is 6.86. The van der Waals surface area contributed by atoms with Crippen molar-refractivity contribution >= 4 is 35.0 Å². The topological polar surface area (TPSA) is 57.6 Å². The summed E-state index contributed by atoms with van der Waals surface area (Å²) in [6.45, 7) is 2.99. The van der Waals surface area contributed by atoms with Crippen LogP contribution in [0.4, 0.5) is 0 Å². The Balaban J connectivity index is 1.88. The number of thiophene rings is 1. The molecule has 1 aromatic heterocycles. The predicted molar refractivity (Wildman–Crippen MR) is 81.6 cm³/mol. The van der Waals surface area contributed by atoms with E-state index in [0.29, 0.717) is 16.7 Å². The number of likely N-dealkylation sites (tertiary alicyclic amines) is 1. The van der Waals surface area contributed by atoms with E-state index >= 15 is 0 Å². The number of carboxylic acids is 1. The van der Waals surface area contributed by atoms with Crippen molar-refractivity contribution < 1.29 is 14.7 Å². The van der Waals surface area contributed by atoms with Crippen molar-refractivity contribution in [3.63, 3.8) is 0 Å². The zero-order valence-electron chi connectivity index (χ0n) is 11.5. The number of amides is 1. The molecule has 20 heavy (non-hydrogen) atoms. The van der Waals surface area contributed by atoms with Crippen LogP contribution in [0.3, 0.4) is 0 Å². The van der Waals surface area contributed by atoms with E-state index in [0.717, 1.165) is 30.7 Å². The normalized spacial score (nSPS) is 19.1. The van der Waals surface area contributed by atoms with Gasteiger partial charge in [0.15, 0.2) is 0 Å². The summed E-state index contributed by atoms with van der Waals surface area (Å²) in [5, 5.41) is 10.7. The van der Waals surface area contributed by atoms with Crippen LogP contribution in [0.1, 0.15) is 42.3 Å². The highest BCUT2D eigenvalue weighted by molar-refractivity contribution is 8.00. The smallest absolute Gasteiger partial charge is 0.345 e. The molecule has 4 nitrogen and oxygen atoms in total. The van der Waals surface area contributed by atoms with Crippen LogP contribution >= 0.6 is 23.1 Å². The fraction of sp³-hybridized carbons (Fsp3) is 0.571. The third kappa shape index (κ3) is 3.76. The van der Waals surface area contributed by atoms with E-state index in [1.807, 2.05) is 4.90 Å². The van der Waals surface area contributed by atoms with Crippen LogP contribution in [0.5, 0.6) is 0 Å². The van der Waals surface area contributed by atoms with Crippen molar-refractivity contribution in [1.29, 1.82) is 0 Å². The molecule has 0 bridgehead atoms. The summed E-state index contributed by atoms with van der Waals surface area (Å²) in [4.78, 5) is 26.3. The molecule has 0 saturated carbocycles. The first-order chi connectivity index (χ1) is 9.61. The van der Waals surface area contributed by atoms with Crippen LogP contribution in [-0.2, 0) is 4.79 Å². The van der Waals surface area contributed by atoms with Crippen molar-refractivity contribution in [2.24, 2.45) is 0 Å². The molecule has 1 aliphatic heterocycles. The van der Waals surface area contributed by atoms with E-state index in [1.165, 1.54) is 29.5 Å². The number of aromatic carboxylic acids is 1. The Morgan fingerprint density at radius 1 is 1.50 bits per heavy atom. The Hall–Kier alpha value is -1.01. The number of carboxylic acid groups (broad SMARTS) is 1. The van der Waals surface area contributed by atoms with Gasteiger partial charge >= 0.3 is 5.97 Å². The average molecular weight is 313 g/mol. The second kappa shape index (κ2) is 7.13. The number of hydrogen-bond acceptors (Lipinski definition) is 4. The maximum absolute atomic E-state index is 12.3. The fourth-order valence-corrected chi connectivity index (χ4v) is 4.24. The summed E-state index contributed by atoms with van der Waals surface area (Å²) in [5.74, 6) is -0.341. The van der Waals surface area contributed by atoms with Crippen molar-refractivity contribution in [3.05, 3.63) is 16.3 Å². The van der Waals surface area contributed by atoms with E-state index < -0.39 is 5.97 Å². The molecule has 6 heteroatoms. The van der Waals surface area contributed by atoms with Crippen molar-refractivity contribution in [1.82, 2.24) is 4.90 Å². The first-order valence-corrected chi connectivity index (χ1v) is 8.72. The minimum atomic E-state index is -0.907. The molecule has 1 unspecified atom stereocenters. The van der Waals surface area contributed by atoms with Crippen molar-refractivity contribution in [2.75, 3.05) is 12.3 Å². The molecule has 1 aromatic rings. The second-order valence-electron chi connectivity index (χ2n) is 4.89. The van der Waals surface area contributed by atoms with E-state index in [9.17, 15) is 9.59 Å². The number of rotatable bonds is 5. The highest BCUT2D eigenvalue weighted by atomic mass is 32.2. The summed E-state index contributed by atoms with van der Waals surface area (Å²) in [6, 6.07) is 2.02. The second-order valence-corrected chi connectivity index (χ2v) is 6.85. The van der Waals surface area contributed by atoms with Crippen LogP contribution in [-0.4, -0.2) is 40.2 Å². The zero-order chi connectivity index (χ0) is 14.5. The largest absolute Gasteiger partial charge is 0.477 e. The maximum atomic E-state index is 12.3. The molecule has 1 N–H and O–H groups in total. The monoisotopic (exact) mass is 313 g/mol. The van der Waals surface area contributed by atoms with Gasteiger partial charge in [0.2, 0.25) is 5.91 Å². The van der Waals surface area contributed by atoms with Crippen LogP contribution < -0.4 is 0 Å². The minimum Gasteiger partial charge on any atom is -0.477 e. The van der Waals surface area contributed by atoms with Gasteiger partial charge < -0.3 is 10.0 Å². The van der Waals surface area contributed by atoms with Gasteiger partial charge in [-0.2, -0.15) is 0 Å². The maximum Gasteiger partial charge on any atom is 0.345 e. The number of nitrogens with zero attached hydrogens (tertiary/aromatic N) is 1. The molecule has 110 valence electrons. The molecule has 1 aliphatic rings. The van der Waals surface area contributed by atoms with E-state index in [1.54, 1.807) is 11.4 Å². The van der Waals surface area contributed by atoms with Crippen LogP contribution in [0.2, 0.25) is 0 Å². The third-order valence-electron chi connectivity index (χ3n) is 3.57. The quantitative estimate of drug-likeness (QED) is 0.847. The predicted octanol–water partition coefficient (Wildman–Crippen LogP) is 3.33. The van der Waals surface area contributed by atoms with Gasteiger partial charge in [0.05, 0.1) is 5.75 Å². The molecule has 1 saturated heterocycles. The highest BCUT2D eigenvalue weighted by Crippen LogP contribution is 2.26. The Bertz CT molecular complexity index is 487. The summed E-state index contributed by atoms with van der Waals surface area (Å²) in [5.41, 5.74) is 0. The SMILES string of the molecule is CCC1CCCCN1C(=O)CSc1csc(C(=O)O)c1. The van der Waals surface area contributed by atoms with Gasteiger partial charge in [-0.1, -0.05) is 6.92 Å². The van der Waals surface area contributed by atoms with Gasteiger partial charge in [-0.15, -0.1) is 23.1 Å². The van der Waals surface area contributed by atoms with Gasteiger partial charge in [-0.3, -0.25) is 4.79 Å². The number of carbonyl (C=O) groups excluding carboxylic acids is 1. The average Bonchev–Trinajstić information content (AvgIpc) is 2.94. The van der Waals surface area contributed by atoms with Gasteiger partial charge in [0.1, 0.15) is 4.88 Å².